The Morgan fingerprint density at radius 2 is 1.70 bits per heavy atom. The van der Waals surface area contributed by atoms with E-state index >= 15 is 0 Å². The predicted octanol–water partition coefficient (Wildman–Crippen LogP) is 7.57. The second kappa shape index (κ2) is 15.4. The van der Waals surface area contributed by atoms with E-state index in [9.17, 15) is 9.18 Å². The fourth-order valence-electron chi connectivity index (χ4n) is 2.70. The molecule has 0 spiro atoms. The van der Waals surface area contributed by atoms with Gasteiger partial charge in [0, 0.05) is 18.3 Å². The first-order valence-corrected chi connectivity index (χ1v) is 11.1. The number of anilines is 1. The number of para-hydroxylation sites is 1. The number of carbonyl (C=O) groups is 1. The predicted molar refractivity (Wildman–Crippen MR) is 138 cm³/mol. The van der Waals surface area contributed by atoms with Crippen LogP contribution in [0.2, 0.25) is 0 Å². The lowest BCUT2D eigenvalue weighted by atomic mass is 10.2. The molecule has 33 heavy (non-hydrogen) atoms. The second-order valence-corrected chi connectivity index (χ2v) is 7.53. The summed E-state index contributed by atoms with van der Waals surface area (Å²) < 4.78 is 18.0. The summed E-state index contributed by atoms with van der Waals surface area (Å²) >= 11 is 0. The van der Waals surface area contributed by atoms with Crippen molar-refractivity contribution in [2.75, 3.05) is 19.0 Å². The fourth-order valence-corrected chi connectivity index (χ4v) is 2.70. The number of hydrogen-bond donors (Lipinski definition) is 1. The molecule has 0 fully saturated rings. The number of aryl methyl sites for hydroxylation is 2. The largest absolute Gasteiger partial charge is 0.488 e. The number of hydrogen-bond acceptors (Lipinski definition) is 4. The second-order valence-electron chi connectivity index (χ2n) is 7.53. The van der Waals surface area contributed by atoms with Gasteiger partial charge in [-0.2, -0.15) is 0 Å². The lowest BCUT2D eigenvalue weighted by Crippen LogP contribution is -2.07. The standard InChI is InChI=1S/C18H22N2O.C7H5FO.C3H8/c1-13-7-5-6-8-18(13)20-15(3)12-21-16-9-10-17(19-4)14(2)11-16;8-7-3-1-2-6(4-7)5-9;1-3-2/h5-11,19H,12H2,1-4H3;1-5H;3H2,1-2H3. The van der Waals surface area contributed by atoms with Gasteiger partial charge in [0.2, 0.25) is 0 Å². The molecular weight excluding hydrogens is 415 g/mol. The van der Waals surface area contributed by atoms with E-state index < -0.39 is 0 Å². The molecule has 0 radical (unpaired) electrons. The van der Waals surface area contributed by atoms with Crippen molar-refractivity contribution in [2.45, 2.75) is 41.0 Å². The highest BCUT2D eigenvalue weighted by Gasteiger charge is 2.01. The average Bonchev–Trinajstić information content (AvgIpc) is 2.80. The van der Waals surface area contributed by atoms with Gasteiger partial charge < -0.3 is 10.1 Å². The number of nitrogens with zero attached hydrogens (tertiary/aromatic N) is 1. The molecule has 0 saturated carbocycles. The monoisotopic (exact) mass is 450 g/mol. The van der Waals surface area contributed by atoms with Crippen LogP contribution in [0.15, 0.2) is 71.7 Å². The summed E-state index contributed by atoms with van der Waals surface area (Å²) in [7, 11) is 1.92. The van der Waals surface area contributed by atoms with Crippen LogP contribution in [0.4, 0.5) is 15.8 Å². The first-order valence-electron chi connectivity index (χ1n) is 11.1. The maximum absolute atomic E-state index is 12.2. The molecule has 1 N–H and O–H groups in total. The first kappa shape index (κ1) is 27.6. The van der Waals surface area contributed by atoms with Crippen LogP contribution < -0.4 is 10.1 Å². The number of ether oxygens (including phenoxy) is 1. The van der Waals surface area contributed by atoms with E-state index in [1.807, 2.05) is 50.4 Å². The molecule has 0 bridgehead atoms. The molecule has 0 heterocycles. The average molecular weight is 451 g/mol. The van der Waals surface area contributed by atoms with Crippen LogP contribution in [0.5, 0.6) is 5.75 Å². The van der Waals surface area contributed by atoms with Crippen molar-refractivity contribution < 1.29 is 13.9 Å². The highest BCUT2D eigenvalue weighted by molar-refractivity contribution is 5.86. The van der Waals surface area contributed by atoms with E-state index in [0.717, 1.165) is 22.8 Å². The Morgan fingerprint density at radius 3 is 2.24 bits per heavy atom. The van der Waals surface area contributed by atoms with E-state index in [1.54, 1.807) is 6.07 Å². The van der Waals surface area contributed by atoms with Crippen molar-refractivity contribution in [3.63, 3.8) is 0 Å². The highest BCUT2D eigenvalue weighted by atomic mass is 19.1. The number of nitrogens with one attached hydrogen (secondary N) is 1. The van der Waals surface area contributed by atoms with E-state index in [1.165, 1.54) is 35.7 Å². The highest BCUT2D eigenvalue weighted by Crippen LogP contribution is 2.21. The Hall–Kier alpha value is -3.47. The molecule has 0 amide bonds. The van der Waals surface area contributed by atoms with Crippen molar-refractivity contribution in [3.8, 4) is 5.75 Å². The molecule has 4 nitrogen and oxygen atoms in total. The smallest absolute Gasteiger partial charge is 0.150 e. The van der Waals surface area contributed by atoms with Gasteiger partial charge in [0.05, 0.1) is 11.4 Å². The van der Waals surface area contributed by atoms with Gasteiger partial charge in [-0.05, 0) is 68.3 Å². The number of rotatable bonds is 6. The van der Waals surface area contributed by atoms with Gasteiger partial charge in [-0.1, -0.05) is 50.6 Å². The molecule has 0 aliphatic heterocycles. The summed E-state index contributed by atoms with van der Waals surface area (Å²) in [6, 6.07) is 19.7. The zero-order valence-electron chi connectivity index (χ0n) is 20.5. The van der Waals surface area contributed by atoms with Gasteiger partial charge in [0.1, 0.15) is 24.5 Å². The summed E-state index contributed by atoms with van der Waals surface area (Å²) in [5, 5.41) is 3.15. The van der Waals surface area contributed by atoms with Crippen LogP contribution in [0, 0.1) is 19.7 Å². The van der Waals surface area contributed by atoms with E-state index in [-0.39, 0.29) is 5.82 Å². The Kier molecular flexibility index (Phi) is 12.8. The van der Waals surface area contributed by atoms with Gasteiger partial charge in [-0.25, -0.2) is 4.39 Å². The van der Waals surface area contributed by atoms with E-state index in [4.69, 9.17) is 4.74 Å². The van der Waals surface area contributed by atoms with Crippen molar-refractivity contribution >= 4 is 23.4 Å². The van der Waals surface area contributed by atoms with Crippen LogP contribution >= 0.6 is 0 Å². The third-order valence-corrected chi connectivity index (χ3v) is 4.33. The zero-order valence-corrected chi connectivity index (χ0v) is 20.5. The van der Waals surface area contributed by atoms with Crippen LogP contribution in [0.25, 0.3) is 0 Å². The molecule has 0 aliphatic carbocycles. The molecule has 0 unspecified atom stereocenters. The summed E-state index contributed by atoms with van der Waals surface area (Å²) in [5.41, 5.74) is 5.79. The van der Waals surface area contributed by atoms with Gasteiger partial charge in [0.15, 0.2) is 0 Å². The van der Waals surface area contributed by atoms with Gasteiger partial charge in [-0.3, -0.25) is 9.79 Å². The molecule has 176 valence electrons. The summed E-state index contributed by atoms with van der Waals surface area (Å²) in [4.78, 5) is 14.6. The molecule has 3 rings (SSSR count). The number of carbonyl (C=O) groups excluding carboxylic acids is 1. The summed E-state index contributed by atoms with van der Waals surface area (Å²) in [6.07, 6.45) is 1.86. The summed E-state index contributed by atoms with van der Waals surface area (Å²) in [5.74, 6) is 0.491. The first-order chi connectivity index (χ1) is 15.8. The Bertz CT molecular complexity index is 1030. The number of benzene rings is 3. The van der Waals surface area contributed by atoms with E-state index in [0.29, 0.717) is 18.5 Å². The lowest BCUT2D eigenvalue weighted by molar-refractivity contribution is 0.112. The SMILES string of the molecule is CCC.CNc1ccc(OCC(C)=Nc2ccccc2C)cc1C.O=Cc1cccc(F)c1. The molecule has 3 aromatic carbocycles. The van der Waals surface area contributed by atoms with Gasteiger partial charge >= 0.3 is 0 Å². The Balaban J connectivity index is 0.000000375. The minimum absolute atomic E-state index is 0.370. The van der Waals surface area contributed by atoms with Gasteiger partial charge in [0.25, 0.3) is 0 Å². The molecule has 0 aliphatic rings. The Morgan fingerprint density at radius 1 is 1.00 bits per heavy atom. The van der Waals surface area contributed by atoms with Crippen molar-refractivity contribution in [2.24, 2.45) is 4.99 Å². The number of halogens is 1. The minimum atomic E-state index is -0.375. The molecule has 3 aromatic rings. The number of aldehydes is 1. The van der Waals surface area contributed by atoms with E-state index in [2.05, 4.69) is 44.1 Å². The van der Waals surface area contributed by atoms with Crippen LogP contribution in [-0.4, -0.2) is 25.7 Å². The van der Waals surface area contributed by atoms with Crippen molar-refractivity contribution in [1.82, 2.24) is 0 Å². The maximum Gasteiger partial charge on any atom is 0.150 e. The van der Waals surface area contributed by atoms with Crippen LogP contribution in [-0.2, 0) is 0 Å². The van der Waals surface area contributed by atoms with Crippen molar-refractivity contribution in [3.05, 3.63) is 89.2 Å². The molecular formula is C28H35FN2O2. The zero-order chi connectivity index (χ0) is 24.6. The minimum Gasteiger partial charge on any atom is -0.488 e. The van der Waals surface area contributed by atoms with Gasteiger partial charge in [-0.15, -0.1) is 0 Å². The molecule has 0 saturated heterocycles. The third kappa shape index (κ3) is 10.6. The maximum atomic E-state index is 12.2. The molecule has 0 aromatic heterocycles. The number of aliphatic imine (C=N–C) groups is 1. The lowest BCUT2D eigenvalue weighted by Gasteiger charge is -2.10. The van der Waals surface area contributed by atoms with Crippen LogP contribution in [0.3, 0.4) is 0 Å². The third-order valence-electron chi connectivity index (χ3n) is 4.33. The normalized spacial score (nSPS) is 10.2. The molecule has 0 atom stereocenters. The van der Waals surface area contributed by atoms with Crippen molar-refractivity contribution in [1.29, 1.82) is 0 Å². The molecule has 5 heteroatoms. The topological polar surface area (TPSA) is 50.7 Å². The fraction of sp³-hybridized carbons (Fsp3) is 0.286. The quantitative estimate of drug-likeness (QED) is 0.311. The summed E-state index contributed by atoms with van der Waals surface area (Å²) in [6.45, 7) is 10.9. The van der Waals surface area contributed by atoms with Crippen LogP contribution in [0.1, 0.15) is 48.7 Å². The Labute approximate surface area is 197 Å².